The van der Waals surface area contributed by atoms with Gasteiger partial charge in [-0.15, -0.1) is 0 Å². The number of nitrogens with one attached hydrogen (secondary N) is 1. The molecule has 0 amide bonds. The van der Waals surface area contributed by atoms with Crippen LogP contribution in [0.15, 0.2) is 82.5 Å². The third-order valence-corrected chi connectivity index (χ3v) is 6.06. The number of aromatic amines is 1. The Balaban J connectivity index is 1.54. The summed E-state index contributed by atoms with van der Waals surface area (Å²) in [6.07, 6.45) is 5.43. The first-order chi connectivity index (χ1) is 15.5. The lowest BCUT2D eigenvalue weighted by Crippen LogP contribution is -2.26. The Kier molecular flexibility index (Phi) is 5.24. The number of aromatic nitrogens is 5. The Morgan fingerprint density at radius 1 is 1.09 bits per heavy atom. The molecule has 0 aliphatic heterocycles. The predicted octanol–water partition coefficient (Wildman–Crippen LogP) is 4.14. The Hall–Kier alpha value is -3.49. The molecule has 2 aromatic carbocycles. The second kappa shape index (κ2) is 8.22. The van der Waals surface area contributed by atoms with Crippen molar-refractivity contribution in [2.24, 2.45) is 7.05 Å². The number of halogens is 1. The summed E-state index contributed by atoms with van der Waals surface area (Å²) < 4.78 is 4.20. The molecule has 3 heterocycles. The van der Waals surface area contributed by atoms with Crippen LogP contribution >= 0.6 is 15.9 Å². The fraction of sp³-hybridized carbons (Fsp3) is 0.125. The molecule has 5 rings (SSSR count). The summed E-state index contributed by atoms with van der Waals surface area (Å²) >= 11 is 3.45. The topological polar surface area (TPSA) is 88.7 Å². The minimum atomic E-state index is -0.456. The Morgan fingerprint density at radius 2 is 1.94 bits per heavy atom. The van der Waals surface area contributed by atoms with Gasteiger partial charge in [-0.3, -0.25) is 14.6 Å². The fourth-order valence-corrected chi connectivity index (χ4v) is 4.37. The van der Waals surface area contributed by atoms with Crippen LogP contribution in [0.25, 0.3) is 33.3 Å². The first kappa shape index (κ1) is 20.4. The second-order valence-corrected chi connectivity index (χ2v) is 8.57. The van der Waals surface area contributed by atoms with E-state index in [0.29, 0.717) is 0 Å². The maximum absolute atomic E-state index is 13.0. The molecule has 0 saturated carbocycles. The summed E-state index contributed by atoms with van der Waals surface area (Å²) in [7, 11) is 1.87. The van der Waals surface area contributed by atoms with Gasteiger partial charge in [0.2, 0.25) is 0 Å². The zero-order valence-electron chi connectivity index (χ0n) is 17.2. The van der Waals surface area contributed by atoms with Crippen molar-refractivity contribution in [1.29, 1.82) is 0 Å². The van der Waals surface area contributed by atoms with Crippen molar-refractivity contribution >= 4 is 26.8 Å². The summed E-state index contributed by atoms with van der Waals surface area (Å²) in [5.41, 5.74) is 5.05. The number of aliphatic hydroxyl groups excluding tert-OH is 1. The van der Waals surface area contributed by atoms with Crippen molar-refractivity contribution in [2.75, 3.05) is 6.61 Å². The first-order valence-corrected chi connectivity index (χ1v) is 10.9. The van der Waals surface area contributed by atoms with Gasteiger partial charge in [-0.2, -0.15) is 10.2 Å². The van der Waals surface area contributed by atoms with Crippen LogP contribution in [0.5, 0.6) is 0 Å². The molecule has 0 unspecified atom stereocenters. The van der Waals surface area contributed by atoms with Crippen LogP contribution in [0.1, 0.15) is 11.6 Å². The van der Waals surface area contributed by atoms with Crippen molar-refractivity contribution in [3.8, 4) is 22.4 Å². The molecule has 0 bridgehead atoms. The number of aliphatic hydroxyl groups is 1. The maximum Gasteiger partial charge on any atom is 0.251 e. The lowest BCUT2D eigenvalue weighted by molar-refractivity contribution is 0.247. The third-order valence-electron chi connectivity index (χ3n) is 5.56. The highest BCUT2D eigenvalue weighted by Gasteiger charge is 2.16. The van der Waals surface area contributed by atoms with Gasteiger partial charge in [0, 0.05) is 40.9 Å². The Labute approximate surface area is 192 Å². The van der Waals surface area contributed by atoms with E-state index < -0.39 is 6.04 Å². The molecule has 0 spiro atoms. The minimum absolute atomic E-state index is 0.175. The molecular weight excluding hydrogens is 470 g/mol. The van der Waals surface area contributed by atoms with Crippen LogP contribution in [0.4, 0.5) is 0 Å². The summed E-state index contributed by atoms with van der Waals surface area (Å²) in [6, 6.07) is 16.6. The van der Waals surface area contributed by atoms with Gasteiger partial charge < -0.3 is 9.67 Å². The van der Waals surface area contributed by atoms with E-state index in [1.165, 1.54) is 0 Å². The highest BCUT2D eigenvalue weighted by molar-refractivity contribution is 9.10. The highest BCUT2D eigenvalue weighted by atomic mass is 79.9. The van der Waals surface area contributed by atoms with Gasteiger partial charge in [0.15, 0.2) is 0 Å². The number of benzene rings is 2. The number of pyridine rings is 1. The lowest BCUT2D eigenvalue weighted by Gasteiger charge is -2.18. The van der Waals surface area contributed by atoms with E-state index >= 15 is 0 Å². The minimum Gasteiger partial charge on any atom is -0.394 e. The molecule has 5 aromatic rings. The summed E-state index contributed by atoms with van der Waals surface area (Å²) in [5.74, 6) is 0. The average molecular weight is 490 g/mol. The van der Waals surface area contributed by atoms with Gasteiger partial charge in [0.05, 0.1) is 24.4 Å². The first-order valence-electron chi connectivity index (χ1n) is 10.1. The molecule has 0 aliphatic rings. The molecule has 160 valence electrons. The second-order valence-electron chi connectivity index (χ2n) is 7.65. The molecule has 0 aliphatic carbocycles. The number of hydrogen-bond acceptors (Lipinski definition) is 4. The van der Waals surface area contributed by atoms with Crippen LogP contribution in [0.3, 0.4) is 0 Å². The van der Waals surface area contributed by atoms with Gasteiger partial charge in [-0.05, 0) is 47.0 Å². The van der Waals surface area contributed by atoms with Crippen LogP contribution in [-0.4, -0.2) is 36.3 Å². The largest absolute Gasteiger partial charge is 0.394 e. The monoisotopic (exact) mass is 489 g/mol. The quantitative estimate of drug-likeness (QED) is 0.388. The van der Waals surface area contributed by atoms with Crippen molar-refractivity contribution in [3.63, 3.8) is 0 Å². The molecule has 0 radical (unpaired) electrons. The fourth-order valence-electron chi connectivity index (χ4n) is 3.95. The molecule has 3 aromatic heterocycles. The van der Waals surface area contributed by atoms with Gasteiger partial charge in [-0.1, -0.05) is 34.1 Å². The summed E-state index contributed by atoms with van der Waals surface area (Å²) in [6.45, 7) is -0.175. The zero-order chi connectivity index (χ0) is 22.2. The Bertz CT molecular complexity index is 1480. The number of aryl methyl sites for hydroxylation is 1. The molecule has 8 heteroatoms. The molecule has 0 fully saturated rings. The van der Waals surface area contributed by atoms with E-state index in [0.717, 1.165) is 43.3 Å². The van der Waals surface area contributed by atoms with Gasteiger partial charge in [0.1, 0.15) is 5.69 Å². The van der Waals surface area contributed by atoms with Crippen molar-refractivity contribution < 1.29 is 5.11 Å². The number of nitrogens with zero attached hydrogens (tertiary/aromatic N) is 4. The van der Waals surface area contributed by atoms with Crippen LogP contribution in [0, 0.1) is 0 Å². The van der Waals surface area contributed by atoms with E-state index in [-0.39, 0.29) is 12.2 Å². The van der Waals surface area contributed by atoms with E-state index in [1.54, 1.807) is 27.7 Å². The van der Waals surface area contributed by atoms with E-state index in [2.05, 4.69) is 31.2 Å². The van der Waals surface area contributed by atoms with E-state index in [9.17, 15) is 9.90 Å². The third kappa shape index (κ3) is 3.68. The number of hydrogen-bond donors (Lipinski definition) is 2. The normalized spacial score (nSPS) is 12.3. The van der Waals surface area contributed by atoms with Crippen LogP contribution in [0.2, 0.25) is 0 Å². The van der Waals surface area contributed by atoms with Gasteiger partial charge in [0.25, 0.3) is 5.56 Å². The number of fused-ring (bicyclic) bond motifs is 1. The molecule has 2 N–H and O–H groups in total. The zero-order valence-corrected chi connectivity index (χ0v) is 18.8. The Morgan fingerprint density at radius 3 is 2.66 bits per heavy atom. The van der Waals surface area contributed by atoms with Crippen LogP contribution < -0.4 is 5.56 Å². The average Bonchev–Trinajstić information content (AvgIpc) is 3.40. The molecule has 7 nitrogen and oxygen atoms in total. The SMILES string of the molecule is Cn1cc(-c2n[nH]c3ccc(-c4ccn([C@H](CO)c5cccc(Br)c5)c(=O)c4)cc23)cn1. The molecule has 0 saturated heterocycles. The van der Waals surface area contributed by atoms with Crippen molar-refractivity contribution in [2.45, 2.75) is 6.04 Å². The summed E-state index contributed by atoms with van der Waals surface area (Å²) in [5, 5.41) is 22.7. The van der Waals surface area contributed by atoms with Gasteiger partial charge in [-0.25, -0.2) is 0 Å². The predicted molar refractivity (Wildman–Crippen MR) is 127 cm³/mol. The van der Waals surface area contributed by atoms with E-state index in [1.807, 2.05) is 61.8 Å². The maximum atomic E-state index is 13.0. The van der Waals surface area contributed by atoms with Crippen LogP contribution in [-0.2, 0) is 7.05 Å². The number of H-pyrrole nitrogens is 1. The smallest absolute Gasteiger partial charge is 0.251 e. The molecule has 32 heavy (non-hydrogen) atoms. The van der Waals surface area contributed by atoms with Crippen molar-refractivity contribution in [3.05, 3.63) is 93.6 Å². The molecule has 1 atom stereocenters. The van der Waals surface area contributed by atoms with Gasteiger partial charge >= 0.3 is 0 Å². The highest BCUT2D eigenvalue weighted by Crippen LogP contribution is 2.30. The van der Waals surface area contributed by atoms with Crippen molar-refractivity contribution in [1.82, 2.24) is 24.5 Å². The van der Waals surface area contributed by atoms with E-state index in [4.69, 9.17) is 0 Å². The standard InChI is InChI=1S/C24H20BrN5O2/c1-29-13-18(12-26-29)24-20-10-15(5-6-21(20)27-28-24)16-7-8-30(23(32)11-16)22(14-31)17-3-2-4-19(25)9-17/h2-13,22,31H,14H2,1H3,(H,27,28)/t22-/m1/s1. The number of rotatable bonds is 5. The lowest BCUT2D eigenvalue weighted by atomic mass is 10.0. The molecular formula is C24H20BrN5O2. The summed E-state index contributed by atoms with van der Waals surface area (Å²) in [4.78, 5) is 13.0.